The highest BCUT2D eigenvalue weighted by Gasteiger charge is 2.21. The number of thiazole rings is 1. The van der Waals surface area contributed by atoms with Crippen LogP contribution in [-0.2, 0) is 16.1 Å². The lowest BCUT2D eigenvalue weighted by Gasteiger charge is -2.34. The van der Waals surface area contributed by atoms with E-state index in [-0.39, 0.29) is 24.1 Å². The van der Waals surface area contributed by atoms with E-state index in [0.29, 0.717) is 22.2 Å². The van der Waals surface area contributed by atoms with Crippen LogP contribution in [0.25, 0.3) is 0 Å². The molecule has 162 valence electrons. The zero-order chi connectivity index (χ0) is 21.7. The number of aromatic nitrogens is 1. The molecule has 1 aromatic heterocycles. The third kappa shape index (κ3) is 5.98. The lowest BCUT2D eigenvalue weighted by atomic mass is 10.2. The van der Waals surface area contributed by atoms with Crippen molar-refractivity contribution < 1.29 is 18.7 Å². The van der Waals surface area contributed by atoms with Crippen molar-refractivity contribution in [1.29, 1.82) is 0 Å². The maximum absolute atomic E-state index is 13.3. The Kier molecular flexibility index (Phi) is 7.76. The van der Waals surface area contributed by atoms with Gasteiger partial charge in [-0.05, 0) is 31.5 Å². The quantitative estimate of drug-likeness (QED) is 0.648. The number of carbonyl (C=O) groups is 2. The van der Waals surface area contributed by atoms with E-state index in [1.54, 1.807) is 26.0 Å². The highest BCUT2D eigenvalue weighted by molar-refractivity contribution is 7.17. The maximum atomic E-state index is 13.3. The van der Waals surface area contributed by atoms with E-state index in [1.807, 2.05) is 0 Å². The van der Waals surface area contributed by atoms with Gasteiger partial charge in [0, 0.05) is 32.7 Å². The molecule has 1 fully saturated rings. The van der Waals surface area contributed by atoms with Gasteiger partial charge in [-0.25, -0.2) is 14.2 Å². The first kappa shape index (κ1) is 22.6. The number of amides is 1. The van der Waals surface area contributed by atoms with Gasteiger partial charge in [0.25, 0.3) is 0 Å². The molecule has 0 bridgehead atoms. The summed E-state index contributed by atoms with van der Waals surface area (Å²) in [4.78, 5) is 33.2. The average molecular weight is 455 g/mol. The zero-order valence-electron chi connectivity index (χ0n) is 16.9. The van der Waals surface area contributed by atoms with Crippen molar-refractivity contribution in [2.45, 2.75) is 20.4 Å². The zero-order valence-corrected chi connectivity index (χ0v) is 18.5. The van der Waals surface area contributed by atoms with Gasteiger partial charge in [-0.2, -0.15) is 0 Å². The summed E-state index contributed by atoms with van der Waals surface area (Å²) in [6.07, 6.45) is 0. The Morgan fingerprint density at radius 1 is 1.27 bits per heavy atom. The second-order valence-corrected chi connectivity index (χ2v) is 8.41. The van der Waals surface area contributed by atoms with E-state index in [0.717, 1.165) is 43.1 Å². The second kappa shape index (κ2) is 10.3. The Bertz CT molecular complexity index is 915. The lowest BCUT2D eigenvalue weighted by Crippen LogP contribution is -2.48. The molecule has 2 aromatic rings. The van der Waals surface area contributed by atoms with Crippen molar-refractivity contribution in [2.75, 3.05) is 44.6 Å². The van der Waals surface area contributed by atoms with Crippen LogP contribution in [0.5, 0.6) is 0 Å². The van der Waals surface area contributed by atoms with Crippen molar-refractivity contribution in [2.24, 2.45) is 0 Å². The molecule has 1 aromatic carbocycles. The molecule has 7 nitrogen and oxygen atoms in total. The number of ether oxygens (including phenoxy) is 1. The summed E-state index contributed by atoms with van der Waals surface area (Å²) in [6, 6.07) is 4.77. The topological polar surface area (TPSA) is 74.8 Å². The molecular weight excluding hydrogens is 431 g/mol. The molecule has 1 N–H and O–H groups in total. The van der Waals surface area contributed by atoms with E-state index >= 15 is 0 Å². The smallest absolute Gasteiger partial charge is 0.350 e. The standard InChI is InChI=1S/C20H24ClFN4O3S/c1-3-29-19(28)18-13(2)23-20(30-18)24-17(27)12-26-8-6-25(7-9-26)11-14-4-5-16(22)15(21)10-14/h4-5,10H,3,6-9,11-12H2,1-2H3,(H,23,24,27). The molecular formula is C20H24ClFN4O3S. The van der Waals surface area contributed by atoms with Gasteiger partial charge in [0.05, 0.1) is 23.9 Å². The molecule has 1 saturated heterocycles. The number of rotatable bonds is 7. The molecule has 1 aliphatic rings. The van der Waals surface area contributed by atoms with Crippen molar-refractivity contribution in [3.05, 3.63) is 45.2 Å². The Labute approximate surface area is 183 Å². The number of aryl methyl sites for hydroxylation is 1. The van der Waals surface area contributed by atoms with E-state index in [9.17, 15) is 14.0 Å². The Balaban J connectivity index is 1.45. The van der Waals surface area contributed by atoms with Crippen LogP contribution < -0.4 is 5.32 Å². The van der Waals surface area contributed by atoms with Crippen LogP contribution in [0.4, 0.5) is 9.52 Å². The Morgan fingerprint density at radius 3 is 2.63 bits per heavy atom. The van der Waals surface area contributed by atoms with Crippen molar-refractivity contribution >= 4 is 39.9 Å². The molecule has 0 atom stereocenters. The molecule has 0 spiro atoms. The average Bonchev–Trinajstić information content (AvgIpc) is 3.06. The number of carbonyl (C=O) groups excluding carboxylic acids is 2. The number of anilines is 1. The van der Waals surface area contributed by atoms with Gasteiger partial charge in [0.15, 0.2) is 5.13 Å². The minimum absolute atomic E-state index is 0.131. The van der Waals surface area contributed by atoms with Crippen LogP contribution in [0.2, 0.25) is 5.02 Å². The predicted octanol–water partition coefficient (Wildman–Crippen LogP) is 3.18. The van der Waals surface area contributed by atoms with Crippen molar-refractivity contribution in [3.63, 3.8) is 0 Å². The Hall–Kier alpha value is -2.07. The predicted molar refractivity (Wildman–Crippen MR) is 115 cm³/mol. The molecule has 0 saturated carbocycles. The number of hydrogen-bond acceptors (Lipinski definition) is 7. The largest absolute Gasteiger partial charge is 0.462 e. The fraction of sp³-hybridized carbons (Fsp3) is 0.450. The summed E-state index contributed by atoms with van der Waals surface area (Å²) >= 11 is 6.97. The number of nitrogens with one attached hydrogen (secondary N) is 1. The van der Waals surface area contributed by atoms with Gasteiger partial charge >= 0.3 is 5.97 Å². The number of nitrogens with zero attached hydrogens (tertiary/aromatic N) is 3. The van der Waals surface area contributed by atoms with E-state index in [4.69, 9.17) is 16.3 Å². The van der Waals surface area contributed by atoms with E-state index in [2.05, 4.69) is 20.1 Å². The number of benzene rings is 1. The van der Waals surface area contributed by atoms with Gasteiger partial charge in [-0.3, -0.25) is 14.6 Å². The van der Waals surface area contributed by atoms with Crippen LogP contribution in [0.1, 0.15) is 27.9 Å². The van der Waals surface area contributed by atoms with Crippen molar-refractivity contribution in [3.8, 4) is 0 Å². The molecule has 10 heteroatoms. The van der Waals surface area contributed by atoms with Crippen LogP contribution in [0.3, 0.4) is 0 Å². The highest BCUT2D eigenvalue weighted by atomic mass is 35.5. The van der Waals surface area contributed by atoms with Gasteiger partial charge in [0.2, 0.25) is 5.91 Å². The summed E-state index contributed by atoms with van der Waals surface area (Å²) in [7, 11) is 0. The number of piperazine rings is 1. The van der Waals surface area contributed by atoms with Crippen LogP contribution in [0.15, 0.2) is 18.2 Å². The number of hydrogen-bond donors (Lipinski definition) is 1. The SMILES string of the molecule is CCOC(=O)c1sc(NC(=O)CN2CCN(Cc3ccc(F)c(Cl)c3)CC2)nc1C. The van der Waals surface area contributed by atoms with Crippen molar-refractivity contribution in [1.82, 2.24) is 14.8 Å². The maximum Gasteiger partial charge on any atom is 0.350 e. The van der Waals surface area contributed by atoms with Gasteiger partial charge < -0.3 is 10.1 Å². The first-order valence-corrected chi connectivity index (χ1v) is 10.9. The fourth-order valence-corrected chi connectivity index (χ4v) is 4.28. The number of esters is 1. The molecule has 0 unspecified atom stereocenters. The molecule has 0 radical (unpaired) electrons. The molecule has 2 heterocycles. The van der Waals surface area contributed by atoms with Gasteiger partial charge in [-0.1, -0.05) is 29.0 Å². The van der Waals surface area contributed by atoms with Gasteiger partial charge in [-0.15, -0.1) is 0 Å². The molecule has 1 amide bonds. The molecule has 3 rings (SSSR count). The normalized spacial score (nSPS) is 15.2. The van der Waals surface area contributed by atoms with Crippen LogP contribution in [0, 0.1) is 12.7 Å². The summed E-state index contributed by atoms with van der Waals surface area (Å²) in [5.41, 5.74) is 1.51. The summed E-state index contributed by atoms with van der Waals surface area (Å²) < 4.78 is 18.3. The summed E-state index contributed by atoms with van der Waals surface area (Å²) in [5, 5.41) is 3.29. The minimum atomic E-state index is -0.424. The van der Waals surface area contributed by atoms with Crippen LogP contribution in [-0.4, -0.2) is 66.0 Å². The number of halogens is 2. The highest BCUT2D eigenvalue weighted by Crippen LogP contribution is 2.23. The first-order valence-electron chi connectivity index (χ1n) is 9.68. The van der Waals surface area contributed by atoms with Crippen LogP contribution >= 0.6 is 22.9 Å². The van der Waals surface area contributed by atoms with E-state index < -0.39 is 11.8 Å². The molecule has 30 heavy (non-hydrogen) atoms. The molecule has 0 aliphatic carbocycles. The summed E-state index contributed by atoms with van der Waals surface area (Å²) in [6.45, 7) is 7.77. The first-order chi connectivity index (χ1) is 14.4. The third-order valence-corrected chi connectivity index (χ3v) is 6.07. The molecule has 1 aliphatic heterocycles. The third-order valence-electron chi connectivity index (χ3n) is 4.73. The second-order valence-electron chi connectivity index (χ2n) is 7.00. The summed E-state index contributed by atoms with van der Waals surface area (Å²) in [5.74, 6) is -1.01. The Morgan fingerprint density at radius 2 is 1.97 bits per heavy atom. The van der Waals surface area contributed by atoms with Gasteiger partial charge in [0.1, 0.15) is 10.7 Å². The minimum Gasteiger partial charge on any atom is -0.462 e. The monoisotopic (exact) mass is 454 g/mol. The fourth-order valence-electron chi connectivity index (χ4n) is 3.20. The lowest BCUT2D eigenvalue weighted by molar-refractivity contribution is -0.117. The van der Waals surface area contributed by atoms with E-state index in [1.165, 1.54) is 6.07 Å².